The number of aromatic nitrogens is 4. The van der Waals surface area contributed by atoms with E-state index in [4.69, 9.17) is 21.4 Å². The van der Waals surface area contributed by atoms with Crippen molar-refractivity contribution in [2.24, 2.45) is 0 Å². The van der Waals surface area contributed by atoms with Gasteiger partial charge in [-0.25, -0.2) is 9.97 Å². The molecular weight excluding hydrogens is 613 g/mol. The normalized spacial score (nSPS) is 12.0. The van der Waals surface area contributed by atoms with Gasteiger partial charge < -0.3 is 21.4 Å². The van der Waals surface area contributed by atoms with Gasteiger partial charge in [0.15, 0.2) is 0 Å². The highest BCUT2D eigenvalue weighted by atomic mass is 14.8. The van der Waals surface area contributed by atoms with Gasteiger partial charge in [-0.1, -0.05) is 84.9 Å². The Morgan fingerprint density at radius 1 is 0.340 bits per heavy atom. The molecule has 6 heteroatoms. The molecule has 3 aromatic heterocycles. The second-order valence-corrected chi connectivity index (χ2v) is 12.5. The number of nitrogens with two attached hydrogens (primary N) is 2. The fourth-order valence-corrected chi connectivity index (χ4v) is 7.02. The van der Waals surface area contributed by atoms with Gasteiger partial charge in [0.2, 0.25) is 0 Å². The number of H-pyrrole nitrogens is 2. The molecule has 7 aromatic rings. The molecule has 2 aliphatic rings. The summed E-state index contributed by atoms with van der Waals surface area (Å²) in [5.41, 5.74) is 29.2. The van der Waals surface area contributed by atoms with Gasteiger partial charge >= 0.3 is 0 Å². The SMILES string of the molecule is Nc1cccc(-c2c3nc(c(-c4ccccc4)c4ccc([nH]4)c(-c4cccc(N)c4)c4nc(c(-c5ccccc5)c5ccc2[nH]5)C=C4)C=C3)c1. The van der Waals surface area contributed by atoms with Crippen LogP contribution in [0, 0.1) is 0 Å². The summed E-state index contributed by atoms with van der Waals surface area (Å²) < 4.78 is 0. The molecule has 0 radical (unpaired) electrons. The summed E-state index contributed by atoms with van der Waals surface area (Å²) in [6.45, 7) is 0. The molecule has 8 bridgehead atoms. The topological polar surface area (TPSA) is 109 Å². The summed E-state index contributed by atoms with van der Waals surface area (Å²) in [5, 5.41) is 0. The van der Waals surface area contributed by atoms with Crippen LogP contribution in [0.5, 0.6) is 0 Å². The van der Waals surface area contributed by atoms with Gasteiger partial charge in [-0.3, -0.25) is 0 Å². The summed E-state index contributed by atoms with van der Waals surface area (Å²) in [4.78, 5) is 18.2. The smallest absolute Gasteiger partial charge is 0.0737 e. The molecular formula is C44H32N6. The van der Waals surface area contributed by atoms with Gasteiger partial charge in [0.05, 0.1) is 22.8 Å². The van der Waals surface area contributed by atoms with E-state index in [2.05, 4.69) is 119 Å². The van der Waals surface area contributed by atoms with Crippen molar-refractivity contribution >= 4 is 57.7 Å². The van der Waals surface area contributed by atoms with Gasteiger partial charge in [-0.05, 0) is 95.1 Å². The van der Waals surface area contributed by atoms with Gasteiger partial charge in [-0.15, -0.1) is 0 Å². The Balaban J connectivity index is 1.49. The third kappa shape index (κ3) is 5.16. The third-order valence-electron chi connectivity index (χ3n) is 9.23. The zero-order chi connectivity index (χ0) is 33.6. The number of nitrogens with zero attached hydrogens (tertiary/aromatic N) is 2. The van der Waals surface area contributed by atoms with Crippen LogP contribution in [0.2, 0.25) is 0 Å². The number of benzene rings is 4. The minimum atomic E-state index is 0.688. The zero-order valence-electron chi connectivity index (χ0n) is 27.1. The van der Waals surface area contributed by atoms with Crippen LogP contribution in [0.15, 0.2) is 133 Å². The number of hydrogen-bond donors (Lipinski definition) is 4. The van der Waals surface area contributed by atoms with E-state index in [0.29, 0.717) is 11.4 Å². The van der Waals surface area contributed by atoms with Gasteiger partial charge in [-0.2, -0.15) is 0 Å². The molecule has 0 unspecified atom stereocenters. The molecule has 4 aromatic carbocycles. The van der Waals surface area contributed by atoms with Crippen LogP contribution in [0.1, 0.15) is 22.8 Å². The Hall–Kier alpha value is -6.92. The second-order valence-electron chi connectivity index (χ2n) is 12.5. The number of nitrogen functional groups attached to an aromatic ring is 2. The van der Waals surface area contributed by atoms with Crippen molar-refractivity contribution in [2.45, 2.75) is 0 Å². The van der Waals surface area contributed by atoms with E-state index in [1.165, 1.54) is 0 Å². The van der Waals surface area contributed by atoms with E-state index < -0.39 is 0 Å². The average Bonchev–Trinajstić information content (AvgIpc) is 3.97. The number of hydrogen-bond acceptors (Lipinski definition) is 4. The molecule has 5 heterocycles. The zero-order valence-corrected chi connectivity index (χ0v) is 27.1. The first-order valence-corrected chi connectivity index (χ1v) is 16.6. The molecule has 9 rings (SSSR count). The molecule has 6 N–H and O–H groups in total. The van der Waals surface area contributed by atoms with Crippen molar-refractivity contribution < 1.29 is 0 Å². The number of fused-ring (bicyclic) bond motifs is 8. The van der Waals surface area contributed by atoms with Crippen LogP contribution >= 0.6 is 0 Å². The minimum absolute atomic E-state index is 0.688. The van der Waals surface area contributed by atoms with Gasteiger partial charge in [0.1, 0.15) is 0 Å². The van der Waals surface area contributed by atoms with Crippen LogP contribution in [-0.4, -0.2) is 19.9 Å². The first-order valence-electron chi connectivity index (χ1n) is 16.6. The predicted molar refractivity (Wildman–Crippen MR) is 209 cm³/mol. The van der Waals surface area contributed by atoms with Crippen molar-refractivity contribution in [3.63, 3.8) is 0 Å². The fraction of sp³-hybridized carbons (Fsp3) is 0. The summed E-state index contributed by atoms with van der Waals surface area (Å²) in [6, 6.07) is 45.2. The molecule has 0 saturated heterocycles. The van der Waals surface area contributed by atoms with Crippen molar-refractivity contribution in [2.75, 3.05) is 11.5 Å². The lowest BCUT2D eigenvalue weighted by molar-refractivity contribution is 1.31. The van der Waals surface area contributed by atoms with E-state index in [1.807, 2.05) is 48.5 Å². The van der Waals surface area contributed by atoms with E-state index in [1.54, 1.807) is 0 Å². The quantitative estimate of drug-likeness (QED) is 0.143. The predicted octanol–water partition coefficient (Wildman–Crippen LogP) is 10.5. The maximum Gasteiger partial charge on any atom is 0.0737 e. The van der Waals surface area contributed by atoms with E-state index in [0.717, 1.165) is 89.4 Å². The Morgan fingerprint density at radius 2 is 0.660 bits per heavy atom. The number of rotatable bonds is 4. The summed E-state index contributed by atoms with van der Waals surface area (Å²) in [5.74, 6) is 0. The lowest BCUT2D eigenvalue weighted by atomic mass is 10.0. The number of aromatic amines is 2. The summed E-state index contributed by atoms with van der Waals surface area (Å²) >= 11 is 0. The van der Waals surface area contributed by atoms with Crippen molar-refractivity contribution in [1.29, 1.82) is 0 Å². The summed E-state index contributed by atoms with van der Waals surface area (Å²) in [7, 11) is 0. The summed E-state index contributed by atoms with van der Waals surface area (Å²) in [6.07, 6.45) is 8.38. The van der Waals surface area contributed by atoms with Crippen molar-refractivity contribution in [3.05, 3.63) is 156 Å². The van der Waals surface area contributed by atoms with Gasteiger partial charge in [0.25, 0.3) is 0 Å². The second kappa shape index (κ2) is 12.0. The molecule has 6 nitrogen and oxygen atoms in total. The van der Waals surface area contributed by atoms with E-state index >= 15 is 0 Å². The first-order chi connectivity index (χ1) is 24.6. The van der Waals surface area contributed by atoms with Gasteiger partial charge in [0, 0.05) is 55.7 Å². The Labute approximate surface area is 289 Å². The molecule has 0 saturated carbocycles. The third-order valence-corrected chi connectivity index (χ3v) is 9.23. The van der Waals surface area contributed by atoms with E-state index in [-0.39, 0.29) is 0 Å². The number of anilines is 2. The standard InChI is InChI=1S/C44H32N6/c45-31-15-7-13-29(25-31)43-37-21-17-33(47-37)41(27-9-3-1-4-10-27)34-18-22-38(48-34)44(30-14-8-16-32(46)26-30)40-24-20-36(50-40)42(28-11-5-2-6-12-28)35-19-23-39(43)49-35/h1-26,47,50H,45-46H2. The highest BCUT2D eigenvalue weighted by Crippen LogP contribution is 2.38. The van der Waals surface area contributed by atoms with Crippen molar-refractivity contribution in [3.8, 4) is 44.5 Å². The Morgan fingerprint density at radius 3 is 1.00 bits per heavy atom. The minimum Gasteiger partial charge on any atom is -0.399 e. The Kier molecular flexibility index (Phi) is 6.99. The molecule has 0 aliphatic carbocycles. The number of nitrogens with one attached hydrogen (secondary N) is 2. The van der Waals surface area contributed by atoms with Crippen LogP contribution in [0.4, 0.5) is 11.4 Å². The average molecular weight is 645 g/mol. The molecule has 50 heavy (non-hydrogen) atoms. The lowest BCUT2D eigenvalue weighted by Gasteiger charge is -2.07. The maximum atomic E-state index is 6.35. The maximum absolute atomic E-state index is 6.35. The highest BCUT2D eigenvalue weighted by Gasteiger charge is 2.19. The Bertz CT molecular complexity index is 2480. The monoisotopic (exact) mass is 644 g/mol. The van der Waals surface area contributed by atoms with Crippen LogP contribution in [0.25, 0.3) is 90.9 Å². The lowest BCUT2D eigenvalue weighted by Crippen LogP contribution is -1.91. The van der Waals surface area contributed by atoms with Crippen LogP contribution in [0.3, 0.4) is 0 Å². The largest absolute Gasteiger partial charge is 0.399 e. The molecule has 238 valence electrons. The molecule has 2 aliphatic heterocycles. The van der Waals surface area contributed by atoms with Crippen molar-refractivity contribution in [1.82, 2.24) is 19.9 Å². The molecule has 0 fully saturated rings. The molecule has 0 atom stereocenters. The van der Waals surface area contributed by atoms with E-state index in [9.17, 15) is 0 Å². The highest BCUT2D eigenvalue weighted by molar-refractivity contribution is 6.00. The van der Waals surface area contributed by atoms with Crippen LogP contribution < -0.4 is 11.5 Å². The fourth-order valence-electron chi connectivity index (χ4n) is 7.02. The van der Waals surface area contributed by atoms with Crippen LogP contribution in [-0.2, 0) is 0 Å². The molecule has 0 amide bonds. The molecule has 0 spiro atoms. The first kappa shape index (κ1) is 29.2.